The lowest BCUT2D eigenvalue weighted by Gasteiger charge is -2.17. The third kappa shape index (κ3) is 9.21. The van der Waals surface area contributed by atoms with Crippen molar-refractivity contribution < 1.29 is 9.59 Å². The van der Waals surface area contributed by atoms with Crippen LogP contribution in [0.3, 0.4) is 0 Å². The summed E-state index contributed by atoms with van der Waals surface area (Å²) >= 11 is 3.29. The highest BCUT2D eigenvalue weighted by atomic mass is 32.2. The second-order valence-electron chi connectivity index (χ2n) is 6.64. The third-order valence-corrected chi connectivity index (χ3v) is 6.08. The number of rotatable bonds is 11. The summed E-state index contributed by atoms with van der Waals surface area (Å²) in [6.45, 7) is 8.26. The van der Waals surface area contributed by atoms with Gasteiger partial charge in [-0.05, 0) is 17.4 Å². The van der Waals surface area contributed by atoms with Crippen molar-refractivity contribution in [3.63, 3.8) is 0 Å². The average molecular weight is 353 g/mol. The molecule has 4 heteroatoms. The largest absolute Gasteiger partial charge is 0.299 e. The zero-order valence-electron chi connectivity index (χ0n) is 14.6. The Hall–Kier alpha value is -0.740. The van der Waals surface area contributed by atoms with E-state index in [9.17, 15) is 9.59 Å². The maximum absolute atomic E-state index is 12.0. The van der Waals surface area contributed by atoms with Crippen LogP contribution in [0.25, 0.3) is 0 Å². The van der Waals surface area contributed by atoms with Crippen LogP contribution in [-0.2, 0) is 9.59 Å². The zero-order chi connectivity index (χ0) is 17.2. The lowest BCUT2D eigenvalue weighted by molar-refractivity contribution is -0.118. The minimum absolute atomic E-state index is 0.142. The molecule has 0 amide bonds. The molecule has 0 saturated carbocycles. The summed E-state index contributed by atoms with van der Waals surface area (Å²) in [7, 11) is 0. The van der Waals surface area contributed by atoms with Crippen molar-refractivity contribution in [3.05, 3.63) is 35.9 Å². The van der Waals surface area contributed by atoms with Gasteiger partial charge in [-0.2, -0.15) is 0 Å². The van der Waals surface area contributed by atoms with E-state index < -0.39 is 0 Å². The second-order valence-corrected chi connectivity index (χ2v) is 9.12. The van der Waals surface area contributed by atoms with Crippen molar-refractivity contribution in [1.82, 2.24) is 0 Å². The first kappa shape index (κ1) is 20.3. The van der Waals surface area contributed by atoms with Gasteiger partial charge in [-0.3, -0.25) is 9.59 Å². The summed E-state index contributed by atoms with van der Waals surface area (Å²) in [6.07, 6.45) is 1.26. The van der Waals surface area contributed by atoms with Crippen molar-refractivity contribution >= 4 is 35.1 Å². The van der Waals surface area contributed by atoms with Crippen LogP contribution in [-0.4, -0.2) is 23.1 Å². The molecule has 1 rings (SSSR count). The van der Waals surface area contributed by atoms with Gasteiger partial charge in [-0.1, -0.05) is 58.0 Å². The van der Waals surface area contributed by atoms with Gasteiger partial charge in [0.2, 0.25) is 0 Å². The van der Waals surface area contributed by atoms with Gasteiger partial charge in [0, 0.05) is 12.8 Å². The molecule has 0 fully saturated rings. The summed E-state index contributed by atoms with van der Waals surface area (Å²) in [5.74, 6) is 2.42. The van der Waals surface area contributed by atoms with E-state index in [0.29, 0.717) is 47.7 Å². The molecule has 1 aromatic rings. The Labute approximate surface area is 149 Å². The van der Waals surface area contributed by atoms with Crippen molar-refractivity contribution in [1.29, 1.82) is 0 Å². The fourth-order valence-corrected chi connectivity index (χ4v) is 4.62. The van der Waals surface area contributed by atoms with Crippen molar-refractivity contribution in [2.75, 3.05) is 11.5 Å². The first-order chi connectivity index (χ1) is 10.9. The molecule has 0 bridgehead atoms. The Bertz CT molecular complexity index is 457. The van der Waals surface area contributed by atoms with E-state index in [1.807, 2.05) is 18.2 Å². The van der Waals surface area contributed by atoms with E-state index in [1.165, 1.54) is 5.56 Å². The highest BCUT2D eigenvalue weighted by molar-refractivity contribution is 8.16. The molecule has 0 aliphatic carbocycles. The highest BCUT2D eigenvalue weighted by Crippen LogP contribution is 2.39. The number of benzene rings is 1. The topological polar surface area (TPSA) is 34.1 Å². The monoisotopic (exact) mass is 352 g/mol. The molecule has 0 aliphatic heterocycles. The van der Waals surface area contributed by atoms with E-state index in [-0.39, 0.29) is 4.58 Å². The van der Waals surface area contributed by atoms with Crippen molar-refractivity contribution in [2.24, 2.45) is 11.8 Å². The van der Waals surface area contributed by atoms with Crippen LogP contribution >= 0.6 is 23.5 Å². The molecular weight excluding hydrogens is 324 g/mol. The highest BCUT2D eigenvalue weighted by Gasteiger charge is 2.17. The summed E-state index contributed by atoms with van der Waals surface area (Å²) < 4.78 is 0.142. The van der Waals surface area contributed by atoms with Gasteiger partial charge in [0.15, 0.2) is 0 Å². The van der Waals surface area contributed by atoms with Crippen LogP contribution in [0.5, 0.6) is 0 Å². The number of ketones is 2. The smallest absolute Gasteiger partial charge is 0.143 e. The summed E-state index contributed by atoms with van der Waals surface area (Å²) in [5, 5.41) is 0. The number of Topliss-reactive ketones (excluding diaryl/α,β-unsaturated/α-hetero) is 2. The molecule has 0 aliphatic rings. The van der Waals surface area contributed by atoms with Crippen LogP contribution in [0.2, 0.25) is 0 Å². The lowest BCUT2D eigenvalue weighted by atomic mass is 10.1. The van der Waals surface area contributed by atoms with Gasteiger partial charge >= 0.3 is 0 Å². The molecule has 2 nitrogen and oxygen atoms in total. The Morgan fingerprint density at radius 1 is 0.826 bits per heavy atom. The molecule has 0 saturated heterocycles. The first-order valence-corrected chi connectivity index (χ1v) is 10.3. The molecule has 23 heavy (non-hydrogen) atoms. The fraction of sp³-hybridized carbons (Fsp3) is 0.579. The van der Waals surface area contributed by atoms with Gasteiger partial charge in [0.05, 0.1) is 16.1 Å². The Morgan fingerprint density at radius 2 is 1.26 bits per heavy atom. The molecular formula is C19H28O2S2. The van der Waals surface area contributed by atoms with Crippen molar-refractivity contribution in [3.8, 4) is 0 Å². The number of hydrogen-bond donors (Lipinski definition) is 0. The minimum atomic E-state index is 0.142. The normalized spacial score (nSPS) is 11.4. The molecule has 0 atom stereocenters. The molecule has 0 N–H and O–H groups in total. The molecule has 1 aromatic carbocycles. The van der Waals surface area contributed by atoms with E-state index >= 15 is 0 Å². The van der Waals surface area contributed by atoms with Crippen LogP contribution in [0.15, 0.2) is 30.3 Å². The van der Waals surface area contributed by atoms with E-state index in [0.717, 1.165) is 0 Å². The summed E-state index contributed by atoms with van der Waals surface area (Å²) in [4.78, 5) is 24.0. The lowest BCUT2D eigenvalue weighted by Crippen LogP contribution is -2.09. The number of carbonyl (C=O) groups excluding carboxylic acids is 2. The van der Waals surface area contributed by atoms with Crippen LogP contribution in [0.4, 0.5) is 0 Å². The Balaban J connectivity index is 2.60. The van der Waals surface area contributed by atoms with Gasteiger partial charge in [-0.15, -0.1) is 23.5 Å². The Kier molecular flexibility index (Phi) is 9.65. The summed E-state index contributed by atoms with van der Waals surface area (Å²) in [6, 6.07) is 10.2. The standard InChI is InChI=1S/C19H28O2S2/c1-14(2)10-17(20)12-22-19(16-8-6-5-7-9-16)23-13-18(21)11-15(3)4/h5-9,14-15,19H,10-13H2,1-4H3. The predicted octanol–water partition coefficient (Wildman–Crippen LogP) is 5.38. The van der Waals surface area contributed by atoms with E-state index in [2.05, 4.69) is 39.8 Å². The SMILES string of the molecule is CC(C)CC(=O)CSC(SCC(=O)CC(C)C)c1ccccc1. The van der Waals surface area contributed by atoms with Gasteiger partial charge in [-0.25, -0.2) is 0 Å². The molecule has 0 spiro atoms. The number of hydrogen-bond acceptors (Lipinski definition) is 4. The van der Waals surface area contributed by atoms with Gasteiger partial charge in [0.1, 0.15) is 11.6 Å². The fourth-order valence-electron chi connectivity index (χ4n) is 2.22. The minimum Gasteiger partial charge on any atom is -0.299 e. The molecule has 0 radical (unpaired) electrons. The molecule has 0 aromatic heterocycles. The summed E-state index contributed by atoms with van der Waals surface area (Å²) in [5.41, 5.74) is 1.18. The average Bonchev–Trinajstić information content (AvgIpc) is 2.46. The second kappa shape index (κ2) is 10.9. The predicted molar refractivity (Wildman–Crippen MR) is 103 cm³/mol. The Morgan fingerprint density at radius 3 is 1.65 bits per heavy atom. The molecule has 0 heterocycles. The quantitative estimate of drug-likeness (QED) is 0.501. The van der Waals surface area contributed by atoms with Gasteiger partial charge in [0.25, 0.3) is 0 Å². The third-order valence-electron chi connectivity index (χ3n) is 3.13. The van der Waals surface area contributed by atoms with E-state index in [1.54, 1.807) is 23.5 Å². The van der Waals surface area contributed by atoms with Crippen LogP contribution in [0.1, 0.15) is 50.7 Å². The van der Waals surface area contributed by atoms with Crippen LogP contribution in [0, 0.1) is 11.8 Å². The maximum Gasteiger partial charge on any atom is 0.143 e. The van der Waals surface area contributed by atoms with Gasteiger partial charge < -0.3 is 0 Å². The van der Waals surface area contributed by atoms with E-state index in [4.69, 9.17) is 0 Å². The molecule has 128 valence electrons. The molecule has 0 unspecified atom stereocenters. The first-order valence-electron chi connectivity index (χ1n) is 8.20. The van der Waals surface area contributed by atoms with Crippen LogP contribution < -0.4 is 0 Å². The number of thioether (sulfide) groups is 2. The number of carbonyl (C=O) groups is 2. The van der Waals surface area contributed by atoms with Crippen molar-refractivity contribution in [2.45, 2.75) is 45.1 Å². The zero-order valence-corrected chi connectivity index (χ0v) is 16.2. The maximum atomic E-state index is 12.0.